The van der Waals surface area contributed by atoms with Gasteiger partial charge in [0.2, 0.25) is 0 Å². The topological polar surface area (TPSA) is 35.5 Å². The number of hydrogen-bond donors (Lipinski definition) is 0. The zero-order valence-electron chi connectivity index (χ0n) is 8.66. The largest absolute Gasteiger partial charge is 0.361 e. The maximum absolute atomic E-state index is 11.7. The molecule has 76 valence electrons. The van der Waals surface area contributed by atoms with Gasteiger partial charge in [-0.2, -0.15) is 0 Å². The van der Waals surface area contributed by atoms with Gasteiger partial charge >= 0.3 is 7.60 Å². The van der Waals surface area contributed by atoms with Crippen LogP contribution in [0.3, 0.4) is 0 Å². The molecule has 0 atom stereocenters. The first-order valence-corrected chi connectivity index (χ1v) is 5.95. The molecule has 3 nitrogen and oxygen atoms in total. The van der Waals surface area contributed by atoms with E-state index in [4.69, 9.17) is 9.05 Å². The SMILES string of the molecule is CCOP(=O)(C=C=C(C)C)OCC. The van der Waals surface area contributed by atoms with E-state index >= 15 is 0 Å². The van der Waals surface area contributed by atoms with Crippen molar-refractivity contribution in [3.05, 3.63) is 17.1 Å². The lowest BCUT2D eigenvalue weighted by atomic mass is 10.4. The number of hydrogen-bond acceptors (Lipinski definition) is 3. The Hall–Kier alpha value is -0.330. The molecule has 0 amide bonds. The third kappa shape index (κ3) is 5.84. The van der Waals surface area contributed by atoms with E-state index in [0.29, 0.717) is 13.2 Å². The van der Waals surface area contributed by atoms with Gasteiger partial charge in [-0.1, -0.05) is 0 Å². The molecule has 0 saturated carbocycles. The Morgan fingerprint density at radius 3 is 2.08 bits per heavy atom. The summed E-state index contributed by atoms with van der Waals surface area (Å²) in [5.41, 5.74) is 3.78. The maximum Gasteiger partial charge on any atom is 0.361 e. The van der Waals surface area contributed by atoms with Crippen LogP contribution in [0.4, 0.5) is 0 Å². The molecule has 0 aromatic rings. The van der Waals surface area contributed by atoms with Crippen LogP contribution < -0.4 is 0 Å². The Balaban J connectivity index is 4.60. The average molecular weight is 204 g/mol. The fourth-order valence-corrected chi connectivity index (χ4v) is 2.04. The highest BCUT2D eigenvalue weighted by atomic mass is 31.2. The maximum atomic E-state index is 11.7. The quantitative estimate of drug-likeness (QED) is 0.509. The van der Waals surface area contributed by atoms with Crippen molar-refractivity contribution in [2.45, 2.75) is 27.7 Å². The second kappa shape index (κ2) is 6.17. The van der Waals surface area contributed by atoms with Crippen molar-refractivity contribution in [3.8, 4) is 0 Å². The van der Waals surface area contributed by atoms with E-state index in [2.05, 4.69) is 5.73 Å². The van der Waals surface area contributed by atoms with Crippen molar-refractivity contribution >= 4 is 7.60 Å². The lowest BCUT2D eigenvalue weighted by molar-refractivity contribution is 0.229. The highest BCUT2D eigenvalue weighted by Crippen LogP contribution is 2.49. The Labute approximate surface area is 80.0 Å². The van der Waals surface area contributed by atoms with Crippen LogP contribution in [-0.2, 0) is 13.6 Å². The smallest absolute Gasteiger partial charge is 0.305 e. The molecule has 0 aliphatic heterocycles. The van der Waals surface area contributed by atoms with E-state index in [-0.39, 0.29) is 0 Å². The van der Waals surface area contributed by atoms with Gasteiger partial charge in [0.1, 0.15) is 0 Å². The second-order valence-electron chi connectivity index (χ2n) is 2.65. The van der Waals surface area contributed by atoms with Crippen LogP contribution in [0.25, 0.3) is 0 Å². The minimum atomic E-state index is -3.03. The van der Waals surface area contributed by atoms with Crippen molar-refractivity contribution < 1.29 is 13.6 Å². The lowest BCUT2D eigenvalue weighted by Crippen LogP contribution is -1.92. The Kier molecular flexibility index (Phi) is 6.02. The molecule has 0 rings (SSSR count). The molecule has 0 aromatic heterocycles. The number of rotatable bonds is 5. The molecular formula is C9H17O3P. The Bertz CT molecular complexity index is 238. The molecular weight excluding hydrogens is 187 g/mol. The molecule has 0 saturated heterocycles. The van der Waals surface area contributed by atoms with Gasteiger partial charge < -0.3 is 9.05 Å². The first-order chi connectivity index (χ1) is 6.04. The van der Waals surface area contributed by atoms with Crippen molar-refractivity contribution in [2.24, 2.45) is 0 Å². The van der Waals surface area contributed by atoms with E-state index in [1.54, 1.807) is 13.8 Å². The van der Waals surface area contributed by atoms with Crippen LogP contribution >= 0.6 is 7.60 Å². The lowest BCUT2D eigenvalue weighted by Gasteiger charge is -2.11. The molecule has 0 bridgehead atoms. The molecule has 0 aromatic carbocycles. The van der Waals surface area contributed by atoms with Crippen LogP contribution in [0.5, 0.6) is 0 Å². The average Bonchev–Trinajstić information content (AvgIpc) is 2.02. The van der Waals surface area contributed by atoms with Crippen molar-refractivity contribution in [2.75, 3.05) is 13.2 Å². The van der Waals surface area contributed by atoms with E-state index < -0.39 is 7.60 Å². The molecule has 0 aliphatic rings. The molecule has 13 heavy (non-hydrogen) atoms. The van der Waals surface area contributed by atoms with Gasteiger partial charge in [0.05, 0.1) is 19.0 Å². The summed E-state index contributed by atoms with van der Waals surface area (Å²) in [4.78, 5) is 0. The summed E-state index contributed by atoms with van der Waals surface area (Å²) in [7, 11) is -3.03. The fourth-order valence-electron chi connectivity index (χ4n) is 0.680. The standard InChI is InChI=1S/C9H17O3P/c1-5-11-13(10,12-6-2)8-7-9(3)4/h8H,5-6H2,1-4H3. The minimum absolute atomic E-state index is 0.373. The third-order valence-corrected chi connectivity index (χ3v) is 2.81. The predicted molar refractivity (Wildman–Crippen MR) is 53.8 cm³/mol. The van der Waals surface area contributed by atoms with Crippen LogP contribution in [0.15, 0.2) is 17.1 Å². The van der Waals surface area contributed by atoms with E-state index in [0.717, 1.165) is 5.57 Å². The summed E-state index contributed by atoms with van der Waals surface area (Å²) in [6.07, 6.45) is 0. The molecule has 0 fully saturated rings. The molecule has 4 heteroatoms. The highest BCUT2D eigenvalue weighted by Gasteiger charge is 2.18. The summed E-state index contributed by atoms with van der Waals surface area (Å²) in [5, 5.41) is 0. The molecule has 0 heterocycles. The number of allylic oxidation sites excluding steroid dienone is 1. The van der Waals surface area contributed by atoms with Gasteiger partial charge in [-0.15, -0.1) is 5.73 Å². The zero-order valence-corrected chi connectivity index (χ0v) is 9.56. The van der Waals surface area contributed by atoms with Crippen molar-refractivity contribution in [1.29, 1.82) is 0 Å². The molecule has 0 radical (unpaired) electrons. The van der Waals surface area contributed by atoms with Crippen molar-refractivity contribution in [1.82, 2.24) is 0 Å². The minimum Gasteiger partial charge on any atom is -0.305 e. The van der Waals surface area contributed by atoms with Gasteiger partial charge in [-0.25, -0.2) is 0 Å². The molecule has 0 unspecified atom stereocenters. The van der Waals surface area contributed by atoms with E-state index in [1.807, 2.05) is 13.8 Å². The molecule has 0 spiro atoms. The first-order valence-electron chi connectivity index (χ1n) is 4.34. The van der Waals surface area contributed by atoms with Crippen LogP contribution in [-0.4, -0.2) is 13.2 Å². The third-order valence-electron chi connectivity index (χ3n) is 1.13. The van der Waals surface area contributed by atoms with Crippen LogP contribution in [0.2, 0.25) is 0 Å². The van der Waals surface area contributed by atoms with E-state index in [1.165, 1.54) is 5.82 Å². The molecule has 0 aliphatic carbocycles. The normalized spacial score (nSPS) is 10.8. The monoisotopic (exact) mass is 204 g/mol. The van der Waals surface area contributed by atoms with Gasteiger partial charge in [0.15, 0.2) is 0 Å². The highest BCUT2D eigenvalue weighted by molar-refractivity contribution is 7.57. The summed E-state index contributed by atoms with van der Waals surface area (Å²) >= 11 is 0. The van der Waals surface area contributed by atoms with Crippen LogP contribution in [0, 0.1) is 0 Å². The van der Waals surface area contributed by atoms with Gasteiger partial charge in [0.25, 0.3) is 0 Å². The summed E-state index contributed by atoms with van der Waals surface area (Å²) in [5.74, 6) is 1.38. The summed E-state index contributed by atoms with van der Waals surface area (Å²) in [6.45, 7) is 8.05. The summed E-state index contributed by atoms with van der Waals surface area (Å²) < 4.78 is 21.8. The van der Waals surface area contributed by atoms with Gasteiger partial charge in [0, 0.05) is 0 Å². The first kappa shape index (κ1) is 12.7. The molecule has 0 N–H and O–H groups in total. The Morgan fingerprint density at radius 1 is 1.31 bits per heavy atom. The second-order valence-corrected chi connectivity index (χ2v) is 4.50. The van der Waals surface area contributed by atoms with Crippen LogP contribution in [0.1, 0.15) is 27.7 Å². The van der Waals surface area contributed by atoms with Gasteiger partial charge in [-0.3, -0.25) is 4.57 Å². The Morgan fingerprint density at radius 2 is 1.77 bits per heavy atom. The predicted octanol–water partition coefficient (Wildman–Crippen LogP) is 3.33. The van der Waals surface area contributed by atoms with Crippen molar-refractivity contribution in [3.63, 3.8) is 0 Å². The fraction of sp³-hybridized carbons (Fsp3) is 0.667. The van der Waals surface area contributed by atoms with Gasteiger partial charge in [-0.05, 0) is 33.3 Å². The zero-order chi connectivity index (χ0) is 10.3. The summed E-state index contributed by atoms with van der Waals surface area (Å²) in [6, 6.07) is 0. The van der Waals surface area contributed by atoms with E-state index in [9.17, 15) is 4.57 Å².